The molecule has 0 aliphatic heterocycles. The van der Waals surface area contributed by atoms with Crippen molar-refractivity contribution in [2.24, 2.45) is 0 Å². The minimum absolute atomic E-state index is 0. The molecule has 0 aliphatic carbocycles. The Morgan fingerprint density at radius 1 is 1.11 bits per heavy atom. The molecule has 0 fully saturated rings. The summed E-state index contributed by atoms with van der Waals surface area (Å²) in [7, 11) is -1.95. The second-order valence-electron chi connectivity index (χ2n) is 3.06. The van der Waals surface area contributed by atoms with Crippen molar-refractivity contribution in [1.29, 1.82) is 0 Å². The smallest absolute Gasteiger partial charge is 0.780 e. The first kappa shape index (κ1) is 20.4. The molecule has 0 amide bonds. The first-order chi connectivity index (χ1) is 7.94. The van der Waals surface area contributed by atoms with E-state index < -0.39 is 7.82 Å². The summed E-state index contributed by atoms with van der Waals surface area (Å²) in [4.78, 5) is 21.8. The zero-order valence-electron chi connectivity index (χ0n) is 10.2. The SMILES string of the molecule is O=P([O-])([O-])Oc1ccc(-c2cc(=S)ss2)cc1.[Na+].[Na+]. The third kappa shape index (κ3) is 6.82. The van der Waals surface area contributed by atoms with Crippen LogP contribution < -0.4 is 73.4 Å². The number of phosphoric acid groups is 1. The van der Waals surface area contributed by atoms with Gasteiger partial charge in [0, 0.05) is 4.88 Å². The number of hydrogen-bond acceptors (Lipinski definition) is 7. The van der Waals surface area contributed by atoms with Crippen LogP contribution in [-0.2, 0) is 4.57 Å². The minimum Gasteiger partial charge on any atom is -0.780 e. The molecule has 4 nitrogen and oxygen atoms in total. The summed E-state index contributed by atoms with van der Waals surface area (Å²) in [6.07, 6.45) is 0. The van der Waals surface area contributed by atoms with Crippen LogP contribution in [-0.4, -0.2) is 0 Å². The summed E-state index contributed by atoms with van der Waals surface area (Å²) in [5, 5.41) is 0. The summed E-state index contributed by atoms with van der Waals surface area (Å²) < 4.78 is 15.4. The van der Waals surface area contributed by atoms with Crippen molar-refractivity contribution in [1.82, 2.24) is 0 Å². The van der Waals surface area contributed by atoms with Gasteiger partial charge in [0.2, 0.25) is 0 Å². The fourth-order valence-corrected chi connectivity index (χ4v) is 3.96. The van der Waals surface area contributed by atoms with Crippen LogP contribution in [0.3, 0.4) is 0 Å². The van der Waals surface area contributed by atoms with Gasteiger partial charge in [0.15, 0.2) is 0 Å². The molecule has 0 saturated heterocycles. The largest absolute Gasteiger partial charge is 1.00 e. The van der Waals surface area contributed by atoms with Gasteiger partial charge in [-0.05, 0) is 35.9 Å². The first-order valence-electron chi connectivity index (χ1n) is 4.36. The second kappa shape index (κ2) is 8.78. The van der Waals surface area contributed by atoms with Gasteiger partial charge in [-0.25, -0.2) is 0 Å². The summed E-state index contributed by atoms with van der Waals surface area (Å²) in [6.45, 7) is 0. The van der Waals surface area contributed by atoms with Crippen LogP contribution >= 0.6 is 40.7 Å². The number of hydrogen-bond donors (Lipinski definition) is 0. The van der Waals surface area contributed by atoms with E-state index in [1.54, 1.807) is 22.5 Å². The molecule has 0 aliphatic rings. The van der Waals surface area contributed by atoms with E-state index in [0.717, 1.165) is 14.3 Å². The molecule has 2 aromatic rings. The van der Waals surface area contributed by atoms with Crippen LogP contribution in [0.5, 0.6) is 5.75 Å². The molecule has 19 heavy (non-hydrogen) atoms. The van der Waals surface area contributed by atoms with E-state index in [1.807, 2.05) is 6.07 Å². The van der Waals surface area contributed by atoms with Gasteiger partial charge < -0.3 is 18.9 Å². The van der Waals surface area contributed by atoms with Crippen molar-refractivity contribution in [2.75, 3.05) is 0 Å². The van der Waals surface area contributed by atoms with Gasteiger partial charge in [-0.1, -0.05) is 32.9 Å². The average molecular weight is 350 g/mol. The fourth-order valence-electron chi connectivity index (χ4n) is 1.18. The summed E-state index contributed by atoms with van der Waals surface area (Å²) >= 11 is 5.02. The predicted molar refractivity (Wildman–Crippen MR) is 66.7 cm³/mol. The van der Waals surface area contributed by atoms with E-state index in [-0.39, 0.29) is 64.9 Å². The van der Waals surface area contributed by atoms with Crippen molar-refractivity contribution < 1.29 is 78.0 Å². The average Bonchev–Trinajstić information content (AvgIpc) is 2.63. The Morgan fingerprint density at radius 3 is 2.11 bits per heavy atom. The Kier molecular flexibility index (Phi) is 9.44. The molecule has 10 heteroatoms. The Morgan fingerprint density at radius 2 is 1.68 bits per heavy atom. The van der Waals surface area contributed by atoms with E-state index in [1.165, 1.54) is 22.5 Å². The zero-order valence-corrected chi connectivity index (χ0v) is 17.5. The molecule has 1 heterocycles. The van der Waals surface area contributed by atoms with Crippen molar-refractivity contribution in [3.8, 4) is 16.2 Å². The summed E-state index contributed by atoms with van der Waals surface area (Å²) in [5.74, 6) is 0.0147. The fraction of sp³-hybridized carbons (Fsp3) is 0. The van der Waals surface area contributed by atoms with Crippen molar-refractivity contribution in [3.05, 3.63) is 34.2 Å². The maximum absolute atomic E-state index is 10.4. The molecular formula is C9H5Na2O4PS3. The standard InChI is InChI=1S/C9H7O4PS3.2Na/c10-14(11,12)13-7-3-1-6(2-4-7)8-5-9(15)17-16-8;;/h1-5H,(H2,10,11,12);;/q;2*+1/p-2. The second-order valence-corrected chi connectivity index (χ2v) is 7.05. The quantitative estimate of drug-likeness (QED) is 0.248. The third-order valence-corrected chi connectivity index (χ3v) is 5.16. The van der Waals surface area contributed by atoms with Gasteiger partial charge in [0.1, 0.15) is 17.4 Å². The number of rotatable bonds is 3. The number of phosphoric ester groups is 1. The Balaban J connectivity index is 0.00000162. The first-order valence-corrected chi connectivity index (χ1v) is 8.38. The van der Waals surface area contributed by atoms with Gasteiger partial charge in [-0.2, -0.15) is 0 Å². The van der Waals surface area contributed by atoms with Crippen LogP contribution in [0, 0.1) is 3.82 Å². The van der Waals surface area contributed by atoms with E-state index in [2.05, 4.69) is 4.52 Å². The Labute approximate surface area is 167 Å². The zero-order chi connectivity index (χ0) is 12.5. The van der Waals surface area contributed by atoms with Crippen LogP contribution in [0.2, 0.25) is 0 Å². The Bertz CT molecular complexity index is 619. The summed E-state index contributed by atoms with van der Waals surface area (Å²) in [5.41, 5.74) is 0.904. The van der Waals surface area contributed by atoms with Gasteiger partial charge >= 0.3 is 59.1 Å². The molecule has 0 saturated carbocycles. The third-order valence-electron chi connectivity index (χ3n) is 1.82. The molecule has 0 N–H and O–H groups in total. The molecule has 0 bridgehead atoms. The molecule has 0 unspecified atom stereocenters. The molecule has 0 radical (unpaired) electrons. The van der Waals surface area contributed by atoms with Crippen molar-refractivity contribution in [3.63, 3.8) is 0 Å². The van der Waals surface area contributed by atoms with Crippen molar-refractivity contribution >= 4 is 40.7 Å². The molecule has 1 aromatic carbocycles. The van der Waals surface area contributed by atoms with Crippen LogP contribution in [0.4, 0.5) is 0 Å². The molecule has 0 spiro atoms. The van der Waals surface area contributed by atoms with E-state index in [0.29, 0.717) is 0 Å². The topological polar surface area (TPSA) is 72.4 Å². The van der Waals surface area contributed by atoms with E-state index in [9.17, 15) is 14.4 Å². The van der Waals surface area contributed by atoms with Crippen molar-refractivity contribution in [2.45, 2.75) is 0 Å². The predicted octanol–water partition coefficient (Wildman–Crippen LogP) is -3.58. The van der Waals surface area contributed by atoms with Crippen LogP contribution in [0.15, 0.2) is 30.3 Å². The minimum atomic E-state index is -4.98. The maximum atomic E-state index is 10.4. The van der Waals surface area contributed by atoms with Gasteiger partial charge in [-0.15, -0.1) is 0 Å². The maximum Gasteiger partial charge on any atom is 1.00 e. The van der Waals surface area contributed by atoms with Crippen LogP contribution in [0.1, 0.15) is 0 Å². The van der Waals surface area contributed by atoms with Gasteiger partial charge in [0.05, 0.1) is 0 Å². The van der Waals surface area contributed by atoms with E-state index in [4.69, 9.17) is 12.2 Å². The molecular weight excluding hydrogens is 345 g/mol. The number of benzene rings is 1. The van der Waals surface area contributed by atoms with E-state index >= 15 is 0 Å². The molecule has 1 aromatic heterocycles. The molecule has 0 atom stereocenters. The van der Waals surface area contributed by atoms with Gasteiger partial charge in [-0.3, -0.25) is 0 Å². The monoisotopic (exact) mass is 350 g/mol. The van der Waals surface area contributed by atoms with Gasteiger partial charge in [0.25, 0.3) is 0 Å². The molecule has 2 rings (SSSR count). The normalized spacial score (nSPS) is 10.2. The summed E-state index contributed by atoms with van der Waals surface area (Å²) in [6, 6.07) is 8.10. The Hall–Kier alpha value is 1.44. The van der Waals surface area contributed by atoms with Crippen LogP contribution in [0.25, 0.3) is 10.4 Å². The molecule has 90 valence electrons.